The van der Waals surface area contributed by atoms with Crippen LogP contribution in [0.4, 0.5) is 0 Å². The molecule has 208 valence electrons. The van der Waals surface area contributed by atoms with Crippen LogP contribution in [0.1, 0.15) is 79.1 Å². The fourth-order valence-corrected chi connectivity index (χ4v) is 2.98. The molecule has 9 heteroatoms. The van der Waals surface area contributed by atoms with E-state index in [1.165, 1.54) is 0 Å². The first kappa shape index (κ1) is 34.1. The molecule has 0 heterocycles. The Balaban J connectivity index is 4.77. The average molecular weight is 504 g/mol. The van der Waals surface area contributed by atoms with E-state index >= 15 is 0 Å². The van der Waals surface area contributed by atoms with E-state index < -0.39 is 0 Å². The lowest BCUT2D eigenvalue weighted by Gasteiger charge is -2.24. The summed E-state index contributed by atoms with van der Waals surface area (Å²) in [6, 6.07) is 0. The van der Waals surface area contributed by atoms with Gasteiger partial charge in [-0.3, -0.25) is 0 Å². The minimum atomic E-state index is -0.164. The largest absolute Gasteiger partial charge is 0.379 e. The summed E-state index contributed by atoms with van der Waals surface area (Å²) >= 11 is 0. The third-order valence-electron chi connectivity index (χ3n) is 5.32. The highest BCUT2D eigenvalue weighted by atomic mass is 16.6. The van der Waals surface area contributed by atoms with E-state index in [0.29, 0.717) is 72.6 Å². The highest BCUT2D eigenvalue weighted by Gasteiger charge is 2.18. The summed E-state index contributed by atoms with van der Waals surface area (Å²) in [7, 11) is 0. The number of unbranched alkanes of at least 4 members (excludes halogenated alkanes) is 4. The van der Waals surface area contributed by atoms with Gasteiger partial charge in [-0.2, -0.15) is 0 Å². The molecule has 0 N–H and O–H groups in total. The van der Waals surface area contributed by atoms with Gasteiger partial charge in [0.15, 0.2) is 0 Å². The van der Waals surface area contributed by atoms with Crippen molar-refractivity contribution in [2.75, 3.05) is 72.6 Å². The van der Waals surface area contributed by atoms with Crippen LogP contribution in [0.25, 0.3) is 10.4 Å². The molecule has 9 nitrogen and oxygen atoms in total. The van der Waals surface area contributed by atoms with Gasteiger partial charge in [0.2, 0.25) is 0 Å². The van der Waals surface area contributed by atoms with Gasteiger partial charge in [-0.05, 0) is 31.2 Å². The van der Waals surface area contributed by atoms with Crippen molar-refractivity contribution in [2.24, 2.45) is 11.0 Å². The number of hydrogen-bond donors (Lipinski definition) is 0. The second-order valence-electron chi connectivity index (χ2n) is 8.90. The fraction of sp³-hybridized carbons (Fsp3) is 1.00. The lowest BCUT2D eigenvalue weighted by molar-refractivity contribution is -0.0951. The average Bonchev–Trinajstić information content (AvgIpc) is 2.87. The number of hydrogen-bond acceptors (Lipinski definition) is 7. The third-order valence-corrected chi connectivity index (χ3v) is 5.32. The summed E-state index contributed by atoms with van der Waals surface area (Å²) in [4.78, 5) is 2.93. The van der Waals surface area contributed by atoms with Crippen molar-refractivity contribution in [3.63, 3.8) is 0 Å². The van der Waals surface area contributed by atoms with Crippen molar-refractivity contribution >= 4 is 0 Å². The molecular formula is C26H53N3O6. The minimum Gasteiger partial charge on any atom is -0.379 e. The smallest absolute Gasteiger partial charge is 0.104 e. The molecule has 0 radical (unpaired) electrons. The van der Waals surface area contributed by atoms with Crippen LogP contribution in [0.3, 0.4) is 0 Å². The van der Waals surface area contributed by atoms with E-state index in [1.54, 1.807) is 0 Å². The Morgan fingerprint density at radius 2 is 0.914 bits per heavy atom. The molecule has 0 aromatic rings. The molecule has 35 heavy (non-hydrogen) atoms. The molecule has 0 aromatic heterocycles. The molecule has 0 atom stereocenters. The van der Waals surface area contributed by atoms with E-state index in [-0.39, 0.29) is 18.1 Å². The van der Waals surface area contributed by atoms with Gasteiger partial charge in [-0.15, -0.1) is 0 Å². The maximum absolute atomic E-state index is 8.83. The molecule has 0 fully saturated rings. The van der Waals surface area contributed by atoms with Crippen LogP contribution in [0.2, 0.25) is 0 Å². The second-order valence-corrected chi connectivity index (χ2v) is 8.90. The molecule has 0 rings (SSSR count). The van der Waals surface area contributed by atoms with Crippen molar-refractivity contribution < 1.29 is 28.4 Å². The maximum Gasteiger partial charge on any atom is 0.104 e. The Morgan fingerprint density at radius 1 is 0.571 bits per heavy atom. The Morgan fingerprint density at radius 3 is 1.20 bits per heavy atom. The summed E-state index contributed by atoms with van der Waals surface area (Å²) in [5.74, 6) is -0.0755. The zero-order chi connectivity index (χ0) is 25.8. The first-order valence-corrected chi connectivity index (χ1v) is 13.8. The molecule has 0 aliphatic heterocycles. The quantitative estimate of drug-likeness (QED) is 0.0565. The Hall–Kier alpha value is -0.930. The highest BCUT2D eigenvalue weighted by Crippen LogP contribution is 2.08. The van der Waals surface area contributed by atoms with Gasteiger partial charge in [0.1, 0.15) is 12.2 Å². The molecule has 0 aliphatic carbocycles. The van der Waals surface area contributed by atoms with Crippen LogP contribution < -0.4 is 0 Å². The van der Waals surface area contributed by atoms with Crippen molar-refractivity contribution in [3.05, 3.63) is 10.4 Å². The fourth-order valence-electron chi connectivity index (χ4n) is 2.98. The Kier molecular flexibility index (Phi) is 26.9. The van der Waals surface area contributed by atoms with Gasteiger partial charge >= 0.3 is 0 Å². The van der Waals surface area contributed by atoms with Gasteiger partial charge in [0, 0.05) is 43.8 Å². The lowest BCUT2D eigenvalue weighted by Crippen LogP contribution is -2.33. The molecular weight excluding hydrogens is 450 g/mol. The Labute approximate surface area is 214 Å². The highest BCUT2D eigenvalue weighted by molar-refractivity contribution is 4.67. The van der Waals surface area contributed by atoms with Gasteiger partial charge in [0.05, 0.1) is 39.6 Å². The predicted octanol–water partition coefficient (Wildman–Crippen LogP) is 5.95. The summed E-state index contributed by atoms with van der Waals surface area (Å²) < 4.78 is 35.4. The van der Waals surface area contributed by atoms with E-state index in [2.05, 4.69) is 37.7 Å². The maximum atomic E-state index is 8.83. The molecule has 0 saturated carbocycles. The first-order chi connectivity index (χ1) is 17.2. The molecule has 0 saturated heterocycles. The van der Waals surface area contributed by atoms with Gasteiger partial charge < -0.3 is 28.4 Å². The van der Waals surface area contributed by atoms with Crippen molar-refractivity contribution in [1.82, 2.24) is 0 Å². The molecule has 0 aromatic carbocycles. The van der Waals surface area contributed by atoms with E-state index in [0.717, 1.165) is 51.4 Å². The summed E-state index contributed by atoms with van der Waals surface area (Å²) in [6.07, 6.45) is 8.15. The van der Waals surface area contributed by atoms with Crippen LogP contribution in [0.5, 0.6) is 0 Å². The number of azide groups is 1. The van der Waals surface area contributed by atoms with Crippen LogP contribution >= 0.6 is 0 Å². The van der Waals surface area contributed by atoms with Crippen molar-refractivity contribution in [2.45, 2.75) is 91.3 Å². The Bertz CT molecular complexity index is 424. The lowest BCUT2D eigenvalue weighted by atomic mass is 10.2. The van der Waals surface area contributed by atoms with Crippen molar-refractivity contribution in [3.8, 4) is 0 Å². The summed E-state index contributed by atoms with van der Waals surface area (Å²) in [5, 5.41) is 3.77. The number of ether oxygens (including phenoxy) is 6. The minimum absolute atomic E-state index is 0.0755. The topological polar surface area (TPSA) is 104 Å². The molecule has 0 bridgehead atoms. The van der Waals surface area contributed by atoms with Gasteiger partial charge in [-0.25, -0.2) is 0 Å². The number of rotatable bonds is 28. The van der Waals surface area contributed by atoms with Crippen LogP contribution in [-0.2, 0) is 28.4 Å². The standard InChI is InChI=1S/C26H53N3O6/c1-5-9-13-30-20-25(21-31-14-10-6-2)34-18-24(17-28-29-27)19-35-26(22-32-15-11-7-3)23-33-16-12-8-4/h24-26H,5-23H2,1-4H3. The van der Waals surface area contributed by atoms with E-state index in [4.69, 9.17) is 34.0 Å². The van der Waals surface area contributed by atoms with Crippen LogP contribution in [-0.4, -0.2) is 84.8 Å². The predicted molar refractivity (Wildman–Crippen MR) is 140 cm³/mol. The molecule has 0 spiro atoms. The zero-order valence-corrected chi connectivity index (χ0v) is 23.0. The monoisotopic (exact) mass is 503 g/mol. The van der Waals surface area contributed by atoms with E-state index in [9.17, 15) is 0 Å². The van der Waals surface area contributed by atoms with Crippen LogP contribution in [0, 0.1) is 5.92 Å². The van der Waals surface area contributed by atoms with Crippen molar-refractivity contribution in [1.29, 1.82) is 0 Å². The molecule has 0 aliphatic rings. The van der Waals surface area contributed by atoms with Crippen LogP contribution in [0.15, 0.2) is 5.11 Å². The van der Waals surface area contributed by atoms with Gasteiger partial charge in [-0.1, -0.05) is 58.5 Å². The first-order valence-electron chi connectivity index (χ1n) is 13.8. The summed E-state index contributed by atoms with van der Waals surface area (Å²) in [5.41, 5.74) is 8.83. The molecule has 0 unspecified atom stereocenters. The summed E-state index contributed by atoms with van der Waals surface area (Å²) in [6.45, 7) is 14.5. The normalized spacial score (nSPS) is 11.6. The van der Waals surface area contributed by atoms with E-state index in [1.807, 2.05) is 0 Å². The number of nitrogens with zero attached hydrogens (tertiary/aromatic N) is 3. The second kappa shape index (κ2) is 27.7. The van der Waals surface area contributed by atoms with Gasteiger partial charge in [0.25, 0.3) is 0 Å². The molecule has 0 amide bonds. The SMILES string of the molecule is CCCCOCC(COCCCC)OCC(CN=[N+]=[N-])COC(COCCCC)COCCCC. The third kappa shape index (κ3) is 23.2. The zero-order valence-electron chi connectivity index (χ0n) is 23.0.